The van der Waals surface area contributed by atoms with Crippen LogP contribution in [-0.4, -0.2) is 71.2 Å². The SMILES string of the molecule is Cc1nc2c(n1C1CC3CCC(C1)N3CCCN(C(=O)Nc1ccc(C#N)cc1)c1ccccc1)CCN(S(C)(=O)=O)C2. The van der Waals surface area contributed by atoms with Crippen LogP contribution in [0.1, 0.15) is 60.9 Å². The predicted molar refractivity (Wildman–Crippen MR) is 166 cm³/mol. The predicted octanol–water partition coefficient (Wildman–Crippen LogP) is 4.68. The largest absolute Gasteiger partial charge is 0.329 e. The van der Waals surface area contributed by atoms with Gasteiger partial charge in [0.25, 0.3) is 0 Å². The van der Waals surface area contributed by atoms with E-state index < -0.39 is 10.0 Å². The topological polar surface area (TPSA) is 115 Å². The van der Waals surface area contributed by atoms with E-state index in [-0.39, 0.29) is 6.03 Å². The highest BCUT2D eigenvalue weighted by Crippen LogP contribution is 2.42. The van der Waals surface area contributed by atoms with Crippen LogP contribution in [0, 0.1) is 18.3 Å². The molecule has 2 saturated heterocycles. The van der Waals surface area contributed by atoms with E-state index in [0.29, 0.717) is 55.4 Å². The number of rotatable bonds is 8. The van der Waals surface area contributed by atoms with Crippen LogP contribution in [0.4, 0.5) is 16.2 Å². The van der Waals surface area contributed by atoms with Gasteiger partial charge in [-0.3, -0.25) is 9.80 Å². The number of amides is 2. The second-order valence-corrected chi connectivity index (χ2v) is 14.0. The van der Waals surface area contributed by atoms with E-state index in [4.69, 9.17) is 10.2 Å². The number of nitrogens with zero attached hydrogens (tertiary/aromatic N) is 6. The fourth-order valence-corrected chi connectivity index (χ4v) is 8.07. The summed E-state index contributed by atoms with van der Waals surface area (Å²) in [5, 5.41) is 12.1. The molecule has 2 fully saturated rings. The number of sulfonamides is 1. The van der Waals surface area contributed by atoms with Crippen molar-refractivity contribution in [2.45, 2.75) is 70.1 Å². The summed E-state index contributed by atoms with van der Waals surface area (Å²) in [4.78, 5) is 22.7. The second-order valence-electron chi connectivity index (χ2n) is 12.0. The Morgan fingerprint density at radius 1 is 1.07 bits per heavy atom. The lowest BCUT2D eigenvalue weighted by molar-refractivity contribution is 0.104. The number of anilines is 2. The smallest absolute Gasteiger partial charge is 0.326 e. The molecule has 6 rings (SSSR count). The van der Waals surface area contributed by atoms with E-state index in [0.717, 1.165) is 43.0 Å². The number of aryl methyl sites for hydroxylation is 1. The Balaban J connectivity index is 1.10. The molecule has 3 aliphatic rings. The number of carbonyl (C=O) groups is 1. The average Bonchev–Trinajstić information content (AvgIpc) is 3.45. The van der Waals surface area contributed by atoms with Crippen molar-refractivity contribution in [1.82, 2.24) is 18.8 Å². The average molecular weight is 602 g/mol. The number of piperidine rings is 1. The number of benzene rings is 2. The number of imidazole rings is 1. The molecule has 43 heavy (non-hydrogen) atoms. The molecule has 3 aromatic rings. The third kappa shape index (κ3) is 6.18. The molecule has 0 radical (unpaired) electrons. The second kappa shape index (κ2) is 12.1. The van der Waals surface area contributed by atoms with Gasteiger partial charge in [-0.05, 0) is 75.4 Å². The highest BCUT2D eigenvalue weighted by Gasteiger charge is 2.42. The summed E-state index contributed by atoms with van der Waals surface area (Å²) >= 11 is 0. The molecule has 2 unspecified atom stereocenters. The van der Waals surface area contributed by atoms with E-state index in [1.165, 1.54) is 29.1 Å². The van der Waals surface area contributed by atoms with Crippen molar-refractivity contribution in [2.75, 3.05) is 36.1 Å². The first-order chi connectivity index (χ1) is 20.7. The lowest BCUT2D eigenvalue weighted by Crippen LogP contribution is -2.45. The summed E-state index contributed by atoms with van der Waals surface area (Å²) in [6, 6.07) is 19.9. The molecule has 10 nitrogen and oxygen atoms in total. The van der Waals surface area contributed by atoms with E-state index in [1.807, 2.05) is 30.3 Å². The van der Waals surface area contributed by atoms with Gasteiger partial charge in [0.15, 0.2) is 0 Å². The van der Waals surface area contributed by atoms with Crippen LogP contribution in [-0.2, 0) is 23.0 Å². The Morgan fingerprint density at radius 2 is 1.77 bits per heavy atom. The molecule has 3 aliphatic heterocycles. The number of hydrogen-bond acceptors (Lipinski definition) is 6. The first kappa shape index (κ1) is 29.4. The van der Waals surface area contributed by atoms with Crippen molar-refractivity contribution in [1.29, 1.82) is 5.26 Å². The van der Waals surface area contributed by atoms with Crippen LogP contribution in [0.3, 0.4) is 0 Å². The van der Waals surface area contributed by atoms with E-state index >= 15 is 0 Å². The summed E-state index contributed by atoms with van der Waals surface area (Å²) in [6.07, 6.45) is 7.33. The van der Waals surface area contributed by atoms with Crippen LogP contribution >= 0.6 is 0 Å². The number of urea groups is 1. The van der Waals surface area contributed by atoms with Crippen LogP contribution in [0.15, 0.2) is 54.6 Å². The molecule has 4 heterocycles. The summed E-state index contributed by atoms with van der Waals surface area (Å²) in [5.74, 6) is 0.991. The quantitative estimate of drug-likeness (QED) is 0.401. The third-order valence-electron chi connectivity index (χ3n) is 9.26. The number of carbonyl (C=O) groups excluding carboxylic acids is 1. The number of para-hydroxylation sites is 1. The number of aromatic nitrogens is 2. The molecular weight excluding hydrogens is 562 g/mol. The van der Waals surface area contributed by atoms with Crippen LogP contribution < -0.4 is 10.2 Å². The lowest BCUT2D eigenvalue weighted by Gasteiger charge is -2.41. The Labute approximate surface area is 254 Å². The first-order valence-corrected chi connectivity index (χ1v) is 17.0. The Morgan fingerprint density at radius 3 is 2.42 bits per heavy atom. The van der Waals surface area contributed by atoms with Gasteiger partial charge in [-0.25, -0.2) is 18.2 Å². The molecule has 0 spiro atoms. The van der Waals surface area contributed by atoms with Gasteiger partial charge < -0.3 is 9.88 Å². The van der Waals surface area contributed by atoms with Crippen molar-refractivity contribution in [2.24, 2.45) is 0 Å². The maximum absolute atomic E-state index is 13.4. The van der Waals surface area contributed by atoms with E-state index in [9.17, 15) is 13.2 Å². The molecular formula is C32H39N7O3S. The van der Waals surface area contributed by atoms with Crippen molar-refractivity contribution in [3.63, 3.8) is 0 Å². The molecule has 2 amide bonds. The van der Waals surface area contributed by atoms with Gasteiger partial charge in [-0.1, -0.05) is 18.2 Å². The first-order valence-electron chi connectivity index (χ1n) is 15.1. The number of hydrogen-bond donors (Lipinski definition) is 1. The van der Waals surface area contributed by atoms with Gasteiger partial charge in [0.05, 0.1) is 30.1 Å². The van der Waals surface area contributed by atoms with E-state index in [1.54, 1.807) is 29.2 Å². The zero-order valence-electron chi connectivity index (χ0n) is 24.8. The number of nitrogens with one attached hydrogen (secondary N) is 1. The van der Waals surface area contributed by atoms with Crippen LogP contribution in [0.2, 0.25) is 0 Å². The molecule has 1 aromatic heterocycles. The van der Waals surface area contributed by atoms with Crippen molar-refractivity contribution >= 4 is 27.4 Å². The maximum Gasteiger partial charge on any atom is 0.326 e. The highest BCUT2D eigenvalue weighted by atomic mass is 32.2. The fourth-order valence-electron chi connectivity index (χ4n) is 7.29. The number of nitriles is 1. The van der Waals surface area contributed by atoms with Crippen LogP contribution in [0.5, 0.6) is 0 Å². The minimum absolute atomic E-state index is 0.188. The van der Waals surface area contributed by atoms with Crippen LogP contribution in [0.25, 0.3) is 0 Å². The van der Waals surface area contributed by atoms with Crippen molar-refractivity contribution in [3.8, 4) is 6.07 Å². The maximum atomic E-state index is 13.4. The standard InChI is InChI=1S/C32H39N7O3S/c1-23-34-30-22-36(43(2,41)42)18-15-31(30)39(23)29-19-27-13-14-28(20-29)37(27)16-6-17-38(26-7-4-3-5-8-26)32(40)35-25-11-9-24(21-33)10-12-25/h3-5,7-12,27-29H,6,13-20,22H2,1-2H3,(H,35,40). The van der Waals surface area contributed by atoms with Gasteiger partial charge >= 0.3 is 6.03 Å². The molecule has 2 atom stereocenters. The molecule has 11 heteroatoms. The lowest BCUT2D eigenvalue weighted by atomic mass is 9.96. The molecule has 0 aliphatic carbocycles. The Kier molecular flexibility index (Phi) is 8.27. The third-order valence-corrected chi connectivity index (χ3v) is 10.5. The normalized spacial score (nSPS) is 22.1. The van der Waals surface area contributed by atoms with Gasteiger partial charge in [0.1, 0.15) is 5.82 Å². The molecule has 1 N–H and O–H groups in total. The molecule has 0 saturated carbocycles. The molecule has 2 aromatic carbocycles. The fraction of sp³-hybridized carbons (Fsp3) is 0.469. The monoisotopic (exact) mass is 601 g/mol. The summed E-state index contributed by atoms with van der Waals surface area (Å²) in [7, 11) is -3.23. The van der Waals surface area contributed by atoms with Gasteiger partial charge in [0.2, 0.25) is 10.0 Å². The van der Waals surface area contributed by atoms with Gasteiger partial charge in [0, 0.05) is 61.2 Å². The summed E-state index contributed by atoms with van der Waals surface area (Å²) in [6.45, 7) is 4.46. The minimum Gasteiger partial charge on any atom is -0.329 e. The van der Waals surface area contributed by atoms with Crippen molar-refractivity contribution < 1.29 is 13.2 Å². The Bertz CT molecular complexity index is 1600. The van der Waals surface area contributed by atoms with Gasteiger partial charge in [-0.2, -0.15) is 9.57 Å². The molecule has 2 bridgehead atoms. The minimum atomic E-state index is -3.23. The summed E-state index contributed by atoms with van der Waals surface area (Å²) < 4.78 is 28.2. The Hall–Kier alpha value is -3.72. The summed E-state index contributed by atoms with van der Waals surface area (Å²) in [5.41, 5.74) is 4.18. The highest BCUT2D eigenvalue weighted by molar-refractivity contribution is 7.88. The van der Waals surface area contributed by atoms with Crippen molar-refractivity contribution in [3.05, 3.63) is 77.4 Å². The molecule has 226 valence electrons. The zero-order chi connectivity index (χ0) is 30.1. The van der Waals surface area contributed by atoms with E-state index in [2.05, 4.69) is 27.8 Å². The zero-order valence-corrected chi connectivity index (χ0v) is 25.6. The van der Waals surface area contributed by atoms with Gasteiger partial charge in [-0.15, -0.1) is 0 Å². The number of fused-ring (bicyclic) bond motifs is 3.